The highest BCUT2D eigenvalue weighted by Crippen LogP contribution is 2.36. The molecule has 5 nitrogen and oxygen atoms in total. The molecule has 4 rings (SSSR count). The predicted molar refractivity (Wildman–Crippen MR) is 149 cm³/mol. The van der Waals surface area contributed by atoms with E-state index in [0.29, 0.717) is 17.3 Å². The summed E-state index contributed by atoms with van der Waals surface area (Å²) in [5.74, 6) is 1.43. The van der Waals surface area contributed by atoms with Gasteiger partial charge in [-0.15, -0.1) is 0 Å². The van der Waals surface area contributed by atoms with Crippen LogP contribution in [0.4, 0.5) is 0 Å². The predicted octanol–water partition coefficient (Wildman–Crippen LogP) is 6.96. The zero-order valence-electron chi connectivity index (χ0n) is 20.3. The number of halogens is 1. The van der Waals surface area contributed by atoms with Crippen molar-refractivity contribution in [3.05, 3.63) is 90.0 Å². The fourth-order valence-corrected chi connectivity index (χ4v) is 5.06. The average Bonchev–Trinajstić information content (AvgIpc) is 3.29. The molecule has 0 saturated carbocycles. The Bertz CT molecular complexity index is 1250. The largest absolute Gasteiger partial charge is 0.484 e. The van der Waals surface area contributed by atoms with Gasteiger partial charge in [-0.25, -0.2) is 4.98 Å². The third kappa shape index (κ3) is 6.93. The van der Waals surface area contributed by atoms with Gasteiger partial charge in [-0.3, -0.25) is 4.79 Å². The molecule has 4 aromatic rings. The first-order valence-corrected chi connectivity index (χ1v) is 13.5. The summed E-state index contributed by atoms with van der Waals surface area (Å²) in [6.07, 6.45) is 1.87. The van der Waals surface area contributed by atoms with Crippen molar-refractivity contribution in [2.45, 2.75) is 31.5 Å². The van der Waals surface area contributed by atoms with Crippen LogP contribution in [0.2, 0.25) is 5.02 Å². The maximum absolute atomic E-state index is 12.0. The molecule has 0 bridgehead atoms. The molecule has 36 heavy (non-hydrogen) atoms. The number of rotatable bonds is 12. The number of carbonyl (C=O) groups excluding carboxylic acids is 1. The Hall–Kier alpha value is -3.22. The van der Waals surface area contributed by atoms with Crippen molar-refractivity contribution in [2.75, 3.05) is 18.9 Å². The molecule has 0 fully saturated rings. The van der Waals surface area contributed by atoms with Crippen LogP contribution in [0.5, 0.6) is 5.75 Å². The number of nitrogens with zero attached hydrogens (tertiary/aromatic N) is 2. The fraction of sp³-hybridized carbons (Fsp3) is 0.241. The lowest BCUT2D eigenvalue weighted by Crippen LogP contribution is -2.29. The van der Waals surface area contributed by atoms with Crippen LogP contribution >= 0.6 is 23.4 Å². The van der Waals surface area contributed by atoms with Gasteiger partial charge in [0.25, 0.3) is 5.91 Å². The summed E-state index contributed by atoms with van der Waals surface area (Å²) < 4.78 is 7.79. The number of hydrogen-bond donors (Lipinski definition) is 1. The first-order valence-electron chi connectivity index (χ1n) is 12.1. The second kappa shape index (κ2) is 13.2. The Morgan fingerprint density at radius 3 is 2.28 bits per heavy atom. The molecule has 0 aliphatic rings. The van der Waals surface area contributed by atoms with Crippen LogP contribution in [0.15, 0.2) is 90.1 Å². The van der Waals surface area contributed by atoms with Crippen molar-refractivity contribution in [2.24, 2.45) is 0 Å². The summed E-state index contributed by atoms with van der Waals surface area (Å²) in [6, 6.07) is 27.8. The standard InChI is InChI=1S/C29H30ClN3O2S/c1-2-33-28(23-13-7-4-8-14-23)27(22-11-5-3-6-12-22)32-29(33)36-20-10-9-19-31-26(34)21-35-25-17-15-24(30)16-18-25/h3-8,11-18H,2,9-10,19-21H2,1H3,(H,31,34). The summed E-state index contributed by atoms with van der Waals surface area (Å²) in [5, 5.41) is 4.58. The van der Waals surface area contributed by atoms with Gasteiger partial charge in [-0.05, 0) is 44.0 Å². The Labute approximate surface area is 221 Å². The highest BCUT2D eigenvalue weighted by Gasteiger charge is 2.19. The van der Waals surface area contributed by atoms with Crippen LogP contribution in [0.3, 0.4) is 0 Å². The number of nitrogens with one attached hydrogen (secondary N) is 1. The highest BCUT2D eigenvalue weighted by molar-refractivity contribution is 7.99. The average molecular weight is 520 g/mol. The second-order valence-electron chi connectivity index (χ2n) is 8.22. The quantitative estimate of drug-likeness (QED) is 0.162. The van der Waals surface area contributed by atoms with Crippen molar-refractivity contribution in [1.29, 1.82) is 0 Å². The van der Waals surface area contributed by atoms with Gasteiger partial charge in [0, 0.05) is 35.0 Å². The number of carbonyl (C=O) groups is 1. The Kier molecular flexibility index (Phi) is 9.47. The molecule has 1 amide bonds. The maximum atomic E-state index is 12.0. The van der Waals surface area contributed by atoms with Crippen LogP contribution in [-0.4, -0.2) is 34.4 Å². The number of thioether (sulfide) groups is 1. The maximum Gasteiger partial charge on any atom is 0.257 e. The molecule has 186 valence electrons. The van der Waals surface area contributed by atoms with Gasteiger partial charge >= 0.3 is 0 Å². The molecule has 0 aliphatic carbocycles. The minimum Gasteiger partial charge on any atom is -0.484 e. The number of benzene rings is 3. The number of amides is 1. The topological polar surface area (TPSA) is 56.2 Å². The van der Waals surface area contributed by atoms with Crippen LogP contribution in [0.1, 0.15) is 19.8 Å². The van der Waals surface area contributed by atoms with E-state index in [4.69, 9.17) is 21.3 Å². The minimum absolute atomic E-state index is 0.00512. The van der Waals surface area contributed by atoms with Crippen molar-refractivity contribution >= 4 is 29.3 Å². The van der Waals surface area contributed by atoms with Gasteiger partial charge in [-0.2, -0.15) is 0 Å². The van der Waals surface area contributed by atoms with Crippen molar-refractivity contribution < 1.29 is 9.53 Å². The molecule has 3 aromatic carbocycles. The van der Waals surface area contributed by atoms with Crippen molar-refractivity contribution in [3.8, 4) is 28.3 Å². The summed E-state index contributed by atoms with van der Waals surface area (Å²) in [5.41, 5.74) is 4.45. The zero-order valence-corrected chi connectivity index (χ0v) is 21.9. The Morgan fingerprint density at radius 1 is 0.944 bits per heavy atom. The van der Waals surface area contributed by atoms with E-state index < -0.39 is 0 Å². The summed E-state index contributed by atoms with van der Waals surface area (Å²) in [6.45, 7) is 3.62. The van der Waals surface area contributed by atoms with Crippen LogP contribution in [0.25, 0.3) is 22.5 Å². The third-order valence-electron chi connectivity index (χ3n) is 5.65. The summed E-state index contributed by atoms with van der Waals surface area (Å²) in [7, 11) is 0. The molecule has 0 radical (unpaired) electrons. The first-order chi connectivity index (χ1) is 17.7. The van der Waals surface area contributed by atoms with Gasteiger partial charge in [0.2, 0.25) is 0 Å². The van der Waals surface area contributed by atoms with Gasteiger partial charge in [0.15, 0.2) is 11.8 Å². The lowest BCUT2D eigenvalue weighted by atomic mass is 10.0. The smallest absolute Gasteiger partial charge is 0.257 e. The zero-order chi connectivity index (χ0) is 25.2. The van der Waals surface area contributed by atoms with Gasteiger partial charge < -0.3 is 14.6 Å². The van der Waals surface area contributed by atoms with E-state index in [1.165, 1.54) is 5.56 Å². The monoisotopic (exact) mass is 519 g/mol. The number of hydrogen-bond acceptors (Lipinski definition) is 4. The Balaban J connectivity index is 1.30. The van der Waals surface area contributed by atoms with Crippen molar-refractivity contribution in [3.63, 3.8) is 0 Å². The van der Waals surface area contributed by atoms with Crippen LogP contribution in [0, 0.1) is 0 Å². The van der Waals surface area contributed by atoms with E-state index in [0.717, 1.165) is 47.2 Å². The van der Waals surface area contributed by atoms with E-state index >= 15 is 0 Å². The van der Waals surface area contributed by atoms with E-state index in [1.54, 1.807) is 36.0 Å². The molecular formula is C29H30ClN3O2S. The number of ether oxygens (including phenoxy) is 1. The summed E-state index contributed by atoms with van der Waals surface area (Å²) >= 11 is 7.63. The highest BCUT2D eigenvalue weighted by atomic mass is 35.5. The van der Waals surface area contributed by atoms with Crippen LogP contribution < -0.4 is 10.1 Å². The molecule has 0 spiro atoms. The molecule has 0 aliphatic heterocycles. The van der Waals surface area contributed by atoms with Gasteiger partial charge in [-0.1, -0.05) is 84.0 Å². The first kappa shape index (κ1) is 25.9. The Morgan fingerprint density at radius 2 is 1.61 bits per heavy atom. The van der Waals surface area contributed by atoms with E-state index in [1.807, 2.05) is 12.1 Å². The number of unbranched alkanes of at least 4 members (excludes halogenated alkanes) is 1. The van der Waals surface area contributed by atoms with Gasteiger partial charge in [0.1, 0.15) is 5.75 Å². The number of imidazole rings is 1. The molecule has 0 saturated heterocycles. The molecule has 1 heterocycles. The van der Waals surface area contributed by atoms with E-state index in [9.17, 15) is 4.79 Å². The second-order valence-corrected chi connectivity index (χ2v) is 9.71. The molecule has 1 aromatic heterocycles. The fourth-order valence-electron chi connectivity index (χ4n) is 3.87. The molecule has 7 heteroatoms. The van der Waals surface area contributed by atoms with Crippen molar-refractivity contribution in [1.82, 2.24) is 14.9 Å². The lowest BCUT2D eigenvalue weighted by molar-refractivity contribution is -0.123. The van der Waals surface area contributed by atoms with Crippen LogP contribution in [-0.2, 0) is 11.3 Å². The molecule has 0 atom stereocenters. The van der Waals surface area contributed by atoms with E-state index in [2.05, 4.69) is 65.3 Å². The minimum atomic E-state index is -0.126. The third-order valence-corrected chi connectivity index (χ3v) is 6.97. The molecular weight excluding hydrogens is 490 g/mol. The summed E-state index contributed by atoms with van der Waals surface area (Å²) in [4.78, 5) is 17.1. The van der Waals surface area contributed by atoms with Gasteiger partial charge in [0.05, 0.1) is 11.4 Å². The molecule has 0 unspecified atom stereocenters. The lowest BCUT2D eigenvalue weighted by Gasteiger charge is -2.11. The van der Waals surface area contributed by atoms with E-state index in [-0.39, 0.29) is 12.5 Å². The molecule has 1 N–H and O–H groups in total. The number of aromatic nitrogens is 2. The SMILES string of the molecule is CCn1c(SCCCCNC(=O)COc2ccc(Cl)cc2)nc(-c2ccccc2)c1-c1ccccc1. The normalized spacial score (nSPS) is 10.8.